The van der Waals surface area contributed by atoms with Gasteiger partial charge in [0, 0.05) is 6.54 Å². The molecule has 2 heteroatoms. The predicted molar refractivity (Wildman–Crippen MR) is 81.9 cm³/mol. The van der Waals surface area contributed by atoms with Gasteiger partial charge in [-0.2, -0.15) is 0 Å². The number of aryl methyl sites for hydroxylation is 2. The van der Waals surface area contributed by atoms with Crippen molar-refractivity contribution in [2.24, 2.45) is 5.92 Å². The lowest BCUT2D eigenvalue weighted by Crippen LogP contribution is -2.35. The summed E-state index contributed by atoms with van der Waals surface area (Å²) in [5, 5.41) is 0.152. The van der Waals surface area contributed by atoms with Crippen molar-refractivity contribution in [2.75, 3.05) is 19.6 Å². The van der Waals surface area contributed by atoms with E-state index in [1.165, 1.54) is 56.3 Å². The van der Waals surface area contributed by atoms with Crippen molar-refractivity contribution < 1.29 is 0 Å². The van der Waals surface area contributed by atoms with Crippen LogP contribution in [-0.4, -0.2) is 24.5 Å². The van der Waals surface area contributed by atoms with Gasteiger partial charge in [0.25, 0.3) is 0 Å². The van der Waals surface area contributed by atoms with Crippen molar-refractivity contribution >= 4 is 11.6 Å². The largest absolute Gasteiger partial charge is 0.302 e. The van der Waals surface area contributed by atoms with Crippen LogP contribution in [0, 0.1) is 5.92 Å². The minimum Gasteiger partial charge on any atom is -0.302 e. The molecule has 1 nitrogen and oxygen atoms in total. The zero-order valence-corrected chi connectivity index (χ0v) is 12.6. The van der Waals surface area contributed by atoms with Gasteiger partial charge in [-0.15, -0.1) is 11.6 Å². The summed E-state index contributed by atoms with van der Waals surface area (Å²) in [6.45, 7) is 5.80. The molecular formula is C17H24ClN. The number of benzene rings is 1. The minimum atomic E-state index is 0.152. The summed E-state index contributed by atoms with van der Waals surface area (Å²) >= 11 is 6.64. The Morgan fingerprint density at radius 2 is 1.95 bits per heavy atom. The zero-order chi connectivity index (χ0) is 13.2. The number of hydrogen-bond donors (Lipinski definition) is 0. The molecule has 1 fully saturated rings. The zero-order valence-electron chi connectivity index (χ0n) is 11.9. The highest BCUT2D eigenvalue weighted by molar-refractivity contribution is 6.21. The third-order valence-corrected chi connectivity index (χ3v) is 5.17. The highest BCUT2D eigenvalue weighted by Gasteiger charge is 2.20. The molecular weight excluding hydrogens is 254 g/mol. The van der Waals surface area contributed by atoms with Crippen LogP contribution in [-0.2, 0) is 12.8 Å². The molecule has 1 aromatic carbocycles. The van der Waals surface area contributed by atoms with Crippen molar-refractivity contribution in [3.63, 3.8) is 0 Å². The van der Waals surface area contributed by atoms with Crippen molar-refractivity contribution in [2.45, 2.75) is 44.4 Å². The fourth-order valence-electron chi connectivity index (χ4n) is 3.36. The first-order valence-corrected chi connectivity index (χ1v) is 8.14. The Morgan fingerprint density at radius 3 is 2.74 bits per heavy atom. The number of piperidine rings is 1. The molecule has 0 N–H and O–H groups in total. The SMILES string of the molecule is CC1CCN(CC(Cl)c2ccc3c(c2)CCC3)CC1. The maximum absolute atomic E-state index is 6.64. The van der Waals surface area contributed by atoms with E-state index in [1.807, 2.05) is 0 Å². The molecule has 0 spiro atoms. The van der Waals surface area contributed by atoms with Crippen LogP contribution in [0.5, 0.6) is 0 Å². The Kier molecular flexibility index (Phi) is 4.14. The number of fused-ring (bicyclic) bond motifs is 1. The highest BCUT2D eigenvalue weighted by Crippen LogP contribution is 2.29. The van der Waals surface area contributed by atoms with Crippen LogP contribution in [0.3, 0.4) is 0 Å². The Hall–Kier alpha value is -0.530. The molecule has 1 unspecified atom stereocenters. The fraction of sp³-hybridized carbons (Fsp3) is 0.647. The van der Waals surface area contributed by atoms with E-state index in [0.717, 1.165) is 12.5 Å². The molecule has 0 saturated carbocycles. The van der Waals surface area contributed by atoms with Crippen LogP contribution >= 0.6 is 11.6 Å². The summed E-state index contributed by atoms with van der Waals surface area (Å²) in [7, 11) is 0. The average Bonchev–Trinajstić information content (AvgIpc) is 2.88. The van der Waals surface area contributed by atoms with E-state index >= 15 is 0 Å². The molecule has 3 rings (SSSR count). The van der Waals surface area contributed by atoms with Crippen molar-refractivity contribution in [3.05, 3.63) is 34.9 Å². The molecule has 19 heavy (non-hydrogen) atoms. The number of hydrogen-bond acceptors (Lipinski definition) is 1. The maximum Gasteiger partial charge on any atom is 0.0712 e. The van der Waals surface area contributed by atoms with Crippen LogP contribution < -0.4 is 0 Å². The second-order valence-electron chi connectivity index (χ2n) is 6.33. The number of likely N-dealkylation sites (tertiary alicyclic amines) is 1. The summed E-state index contributed by atoms with van der Waals surface area (Å²) in [4.78, 5) is 2.53. The van der Waals surface area contributed by atoms with E-state index in [2.05, 4.69) is 30.0 Å². The number of alkyl halides is 1. The van der Waals surface area contributed by atoms with Gasteiger partial charge in [-0.05, 0) is 67.8 Å². The molecule has 0 aromatic heterocycles. The number of nitrogens with zero attached hydrogens (tertiary/aromatic N) is 1. The van der Waals surface area contributed by atoms with Gasteiger partial charge in [0.05, 0.1) is 5.38 Å². The lowest BCUT2D eigenvalue weighted by atomic mass is 9.98. The van der Waals surface area contributed by atoms with E-state index in [9.17, 15) is 0 Å². The first kappa shape index (κ1) is 13.5. The first-order chi connectivity index (χ1) is 9.22. The van der Waals surface area contributed by atoms with E-state index in [1.54, 1.807) is 5.56 Å². The van der Waals surface area contributed by atoms with Crippen molar-refractivity contribution in [1.29, 1.82) is 0 Å². The normalized spacial score (nSPS) is 22.4. The minimum absolute atomic E-state index is 0.152. The lowest BCUT2D eigenvalue weighted by molar-refractivity contribution is 0.192. The highest BCUT2D eigenvalue weighted by atomic mass is 35.5. The molecule has 0 radical (unpaired) electrons. The molecule has 104 valence electrons. The van der Waals surface area contributed by atoms with Crippen LogP contribution in [0.25, 0.3) is 0 Å². The molecule has 0 amide bonds. The van der Waals surface area contributed by atoms with Crippen LogP contribution in [0.1, 0.15) is 48.3 Å². The average molecular weight is 278 g/mol. The summed E-state index contributed by atoms with van der Waals surface area (Å²) in [5.41, 5.74) is 4.40. The summed E-state index contributed by atoms with van der Waals surface area (Å²) in [6, 6.07) is 6.90. The van der Waals surface area contributed by atoms with E-state index < -0.39 is 0 Å². The van der Waals surface area contributed by atoms with Crippen molar-refractivity contribution in [3.8, 4) is 0 Å². The van der Waals surface area contributed by atoms with E-state index in [4.69, 9.17) is 11.6 Å². The fourth-order valence-corrected chi connectivity index (χ4v) is 3.69. The van der Waals surface area contributed by atoms with E-state index in [0.29, 0.717) is 0 Å². The van der Waals surface area contributed by atoms with Gasteiger partial charge in [-0.25, -0.2) is 0 Å². The summed E-state index contributed by atoms with van der Waals surface area (Å²) in [5.74, 6) is 0.894. The van der Waals surface area contributed by atoms with Gasteiger partial charge in [0.2, 0.25) is 0 Å². The monoisotopic (exact) mass is 277 g/mol. The molecule has 1 atom stereocenters. The molecule has 1 aliphatic carbocycles. The third kappa shape index (κ3) is 3.14. The first-order valence-electron chi connectivity index (χ1n) is 7.70. The Labute approximate surface area is 121 Å². The van der Waals surface area contributed by atoms with Crippen LogP contribution in [0.2, 0.25) is 0 Å². The maximum atomic E-state index is 6.64. The second-order valence-corrected chi connectivity index (χ2v) is 6.86. The molecule has 2 aliphatic rings. The predicted octanol–water partition coefficient (Wildman–Crippen LogP) is 4.19. The lowest BCUT2D eigenvalue weighted by Gasteiger charge is -2.31. The Balaban J connectivity index is 1.62. The van der Waals surface area contributed by atoms with Gasteiger partial charge >= 0.3 is 0 Å². The topological polar surface area (TPSA) is 3.24 Å². The standard InChI is InChI=1S/C17H24ClN/c1-13-7-9-19(10-8-13)12-17(18)16-6-5-14-3-2-4-15(14)11-16/h5-6,11,13,17H,2-4,7-10,12H2,1H3. The molecule has 1 saturated heterocycles. The van der Waals surface area contributed by atoms with Gasteiger partial charge in [-0.3, -0.25) is 0 Å². The Morgan fingerprint density at radius 1 is 1.21 bits per heavy atom. The molecule has 0 bridgehead atoms. The van der Waals surface area contributed by atoms with Crippen LogP contribution in [0.15, 0.2) is 18.2 Å². The quantitative estimate of drug-likeness (QED) is 0.749. The van der Waals surface area contributed by atoms with Gasteiger partial charge in [0.15, 0.2) is 0 Å². The van der Waals surface area contributed by atoms with Crippen molar-refractivity contribution in [1.82, 2.24) is 4.90 Å². The Bertz CT molecular complexity index is 435. The summed E-state index contributed by atoms with van der Waals surface area (Å²) in [6.07, 6.45) is 6.47. The second kappa shape index (κ2) is 5.85. The van der Waals surface area contributed by atoms with Gasteiger partial charge in [-0.1, -0.05) is 25.1 Å². The third-order valence-electron chi connectivity index (χ3n) is 4.78. The van der Waals surface area contributed by atoms with E-state index in [-0.39, 0.29) is 5.38 Å². The van der Waals surface area contributed by atoms with Gasteiger partial charge < -0.3 is 4.90 Å². The molecule has 1 heterocycles. The smallest absolute Gasteiger partial charge is 0.0712 e. The molecule has 1 aromatic rings. The number of halogens is 1. The number of rotatable bonds is 3. The summed E-state index contributed by atoms with van der Waals surface area (Å²) < 4.78 is 0. The molecule has 1 aliphatic heterocycles. The van der Waals surface area contributed by atoms with Gasteiger partial charge in [0.1, 0.15) is 0 Å². The van der Waals surface area contributed by atoms with Crippen LogP contribution in [0.4, 0.5) is 0 Å².